The first-order valence-electron chi connectivity index (χ1n) is 7.92. The Balaban J connectivity index is 2.42. The number of rotatable bonds is 4. The zero-order valence-corrected chi connectivity index (χ0v) is 14.2. The van der Waals surface area contributed by atoms with E-state index >= 15 is 0 Å². The Labute approximate surface area is 124 Å². The Bertz CT molecular complexity index is 330. The molecular weight excluding hydrogens is 250 g/mol. The van der Waals surface area contributed by atoms with E-state index in [2.05, 4.69) is 41.5 Å². The van der Waals surface area contributed by atoms with E-state index in [0.717, 1.165) is 19.3 Å². The molecule has 0 radical (unpaired) electrons. The van der Waals surface area contributed by atoms with E-state index in [-0.39, 0.29) is 28.9 Å². The third kappa shape index (κ3) is 6.74. The van der Waals surface area contributed by atoms with Gasteiger partial charge in [-0.2, -0.15) is 0 Å². The third-order valence-corrected chi connectivity index (χ3v) is 3.95. The minimum absolute atomic E-state index is 0.0723. The van der Waals surface area contributed by atoms with E-state index in [1.54, 1.807) is 0 Å². The van der Waals surface area contributed by atoms with E-state index < -0.39 is 0 Å². The second-order valence-electron chi connectivity index (χ2n) is 8.75. The Hall–Kier alpha value is -0.570. The summed E-state index contributed by atoms with van der Waals surface area (Å²) in [5.41, 5.74) is 6.47. The van der Waals surface area contributed by atoms with E-state index in [1.165, 1.54) is 6.42 Å². The van der Waals surface area contributed by atoms with Gasteiger partial charge in [0.2, 0.25) is 0 Å². The Kier molecular flexibility index (Phi) is 5.65. The summed E-state index contributed by atoms with van der Waals surface area (Å²) in [6.07, 6.45) is 4.42. The van der Waals surface area contributed by atoms with Crippen molar-refractivity contribution in [2.75, 3.05) is 0 Å². The monoisotopic (exact) mass is 283 g/mol. The third-order valence-electron chi connectivity index (χ3n) is 3.95. The van der Waals surface area contributed by atoms with E-state index in [9.17, 15) is 4.79 Å². The van der Waals surface area contributed by atoms with Crippen molar-refractivity contribution >= 4 is 5.97 Å². The molecule has 0 heterocycles. The second kappa shape index (κ2) is 6.46. The van der Waals surface area contributed by atoms with Gasteiger partial charge in [0.1, 0.15) is 6.10 Å². The van der Waals surface area contributed by atoms with Gasteiger partial charge in [0.25, 0.3) is 0 Å². The summed E-state index contributed by atoms with van der Waals surface area (Å²) in [6.45, 7) is 13.2. The summed E-state index contributed by atoms with van der Waals surface area (Å²) < 4.78 is 5.66. The van der Waals surface area contributed by atoms with Crippen LogP contribution in [0, 0.1) is 16.7 Å². The van der Waals surface area contributed by atoms with Gasteiger partial charge in [-0.25, -0.2) is 0 Å². The van der Waals surface area contributed by atoms with Crippen LogP contribution in [0.5, 0.6) is 0 Å². The number of nitrogens with two attached hydrogens (primary N) is 1. The van der Waals surface area contributed by atoms with Crippen molar-refractivity contribution in [3.63, 3.8) is 0 Å². The van der Waals surface area contributed by atoms with Crippen LogP contribution in [0.15, 0.2) is 0 Å². The van der Waals surface area contributed by atoms with Gasteiger partial charge in [-0.3, -0.25) is 4.79 Å². The molecule has 0 bridgehead atoms. The maximum absolute atomic E-state index is 12.0. The van der Waals surface area contributed by atoms with Crippen molar-refractivity contribution in [2.45, 2.75) is 85.8 Å². The van der Waals surface area contributed by atoms with Gasteiger partial charge >= 0.3 is 5.97 Å². The Morgan fingerprint density at radius 2 is 1.95 bits per heavy atom. The fourth-order valence-corrected chi connectivity index (χ4v) is 3.66. The highest BCUT2D eigenvalue weighted by atomic mass is 16.5. The molecule has 1 rings (SSSR count). The first kappa shape index (κ1) is 17.5. The molecule has 2 N–H and O–H groups in total. The molecule has 0 aromatic rings. The zero-order valence-electron chi connectivity index (χ0n) is 14.2. The van der Waals surface area contributed by atoms with Crippen molar-refractivity contribution in [1.29, 1.82) is 0 Å². The average Bonchev–Trinajstić information content (AvgIpc) is 2.08. The summed E-state index contributed by atoms with van der Waals surface area (Å²) in [5.74, 6) is 0.497. The molecule has 0 aliphatic heterocycles. The maximum atomic E-state index is 12.0. The highest BCUT2D eigenvalue weighted by molar-refractivity contribution is 5.70. The summed E-state index contributed by atoms with van der Waals surface area (Å²) in [6, 6.07) is -0.100. The number of carbonyl (C=O) groups is 1. The summed E-state index contributed by atoms with van der Waals surface area (Å²) in [4.78, 5) is 12.0. The Morgan fingerprint density at radius 3 is 2.45 bits per heavy atom. The molecule has 118 valence electrons. The lowest BCUT2D eigenvalue weighted by Crippen LogP contribution is -2.36. The standard InChI is InChI=1S/C17H33NO2/c1-12-7-14(11-17(5,6)9-12)20-15(19)8-13(18)10-16(2,3)4/h12-14H,7-11,18H2,1-6H3. The molecule has 1 fully saturated rings. The van der Waals surface area contributed by atoms with Crippen LogP contribution in [0.25, 0.3) is 0 Å². The lowest BCUT2D eigenvalue weighted by molar-refractivity contribution is -0.153. The second-order valence-corrected chi connectivity index (χ2v) is 8.75. The van der Waals surface area contributed by atoms with Crippen LogP contribution in [0.3, 0.4) is 0 Å². The molecule has 0 amide bonds. The predicted octanol–water partition coefficient (Wildman–Crippen LogP) is 3.90. The fraction of sp³-hybridized carbons (Fsp3) is 0.941. The Morgan fingerprint density at radius 1 is 1.35 bits per heavy atom. The highest BCUT2D eigenvalue weighted by Crippen LogP contribution is 2.39. The molecule has 0 aromatic carbocycles. The minimum Gasteiger partial charge on any atom is -0.462 e. The van der Waals surface area contributed by atoms with Gasteiger partial charge < -0.3 is 10.5 Å². The van der Waals surface area contributed by atoms with Crippen molar-refractivity contribution in [1.82, 2.24) is 0 Å². The molecule has 1 aliphatic rings. The molecule has 3 heteroatoms. The summed E-state index contributed by atoms with van der Waals surface area (Å²) in [7, 11) is 0. The van der Waals surface area contributed by atoms with E-state index in [4.69, 9.17) is 10.5 Å². The van der Waals surface area contributed by atoms with Crippen molar-refractivity contribution in [2.24, 2.45) is 22.5 Å². The molecule has 3 nitrogen and oxygen atoms in total. The molecule has 3 atom stereocenters. The largest absolute Gasteiger partial charge is 0.462 e. The topological polar surface area (TPSA) is 52.3 Å². The number of esters is 1. The SMILES string of the molecule is CC1CC(OC(=O)CC(N)CC(C)(C)C)CC(C)(C)C1. The van der Waals surface area contributed by atoms with Crippen LogP contribution in [0.2, 0.25) is 0 Å². The normalized spacial score (nSPS) is 27.9. The van der Waals surface area contributed by atoms with Gasteiger partial charge in [-0.05, 0) is 42.4 Å². The van der Waals surface area contributed by atoms with Crippen LogP contribution in [0.1, 0.15) is 73.6 Å². The minimum atomic E-state index is -0.128. The van der Waals surface area contributed by atoms with Crippen molar-refractivity contribution < 1.29 is 9.53 Å². The van der Waals surface area contributed by atoms with E-state index in [1.807, 2.05) is 0 Å². The molecule has 1 saturated carbocycles. The van der Waals surface area contributed by atoms with Crippen molar-refractivity contribution in [3.8, 4) is 0 Å². The van der Waals surface area contributed by atoms with Crippen LogP contribution < -0.4 is 5.73 Å². The summed E-state index contributed by atoms with van der Waals surface area (Å²) >= 11 is 0. The number of ether oxygens (including phenoxy) is 1. The molecule has 1 aliphatic carbocycles. The average molecular weight is 283 g/mol. The lowest BCUT2D eigenvalue weighted by atomic mass is 9.71. The smallest absolute Gasteiger partial charge is 0.307 e. The molecular formula is C17H33NO2. The highest BCUT2D eigenvalue weighted by Gasteiger charge is 2.34. The zero-order chi connectivity index (χ0) is 15.6. The quantitative estimate of drug-likeness (QED) is 0.796. The van der Waals surface area contributed by atoms with Crippen LogP contribution in [-0.4, -0.2) is 18.1 Å². The number of hydrogen-bond donors (Lipinski definition) is 1. The molecule has 0 saturated heterocycles. The van der Waals surface area contributed by atoms with Gasteiger partial charge in [0, 0.05) is 6.04 Å². The van der Waals surface area contributed by atoms with Gasteiger partial charge in [0.05, 0.1) is 6.42 Å². The van der Waals surface area contributed by atoms with Gasteiger partial charge in [-0.15, -0.1) is 0 Å². The molecule has 3 unspecified atom stereocenters. The van der Waals surface area contributed by atoms with Crippen LogP contribution in [-0.2, 0) is 9.53 Å². The number of carbonyl (C=O) groups excluding carboxylic acids is 1. The lowest BCUT2D eigenvalue weighted by Gasteiger charge is -2.38. The van der Waals surface area contributed by atoms with Gasteiger partial charge in [0.15, 0.2) is 0 Å². The predicted molar refractivity (Wildman–Crippen MR) is 83.3 cm³/mol. The number of hydrogen-bond acceptors (Lipinski definition) is 3. The molecule has 20 heavy (non-hydrogen) atoms. The summed E-state index contributed by atoms with van der Waals surface area (Å²) in [5, 5.41) is 0. The van der Waals surface area contributed by atoms with Crippen LogP contribution in [0.4, 0.5) is 0 Å². The molecule has 0 aromatic heterocycles. The van der Waals surface area contributed by atoms with Crippen LogP contribution >= 0.6 is 0 Å². The van der Waals surface area contributed by atoms with Crippen molar-refractivity contribution in [3.05, 3.63) is 0 Å². The first-order valence-corrected chi connectivity index (χ1v) is 7.92. The first-order chi connectivity index (χ1) is 8.97. The van der Waals surface area contributed by atoms with Gasteiger partial charge in [-0.1, -0.05) is 41.5 Å². The van der Waals surface area contributed by atoms with E-state index in [0.29, 0.717) is 12.3 Å². The molecule has 0 spiro atoms. The fourth-order valence-electron chi connectivity index (χ4n) is 3.66. The maximum Gasteiger partial charge on any atom is 0.307 e.